The van der Waals surface area contributed by atoms with Gasteiger partial charge in [0.25, 0.3) is 0 Å². The zero-order valence-electron chi connectivity index (χ0n) is 14.7. The van der Waals surface area contributed by atoms with Gasteiger partial charge in [-0.2, -0.15) is 0 Å². The molecule has 2 rings (SSSR count). The lowest BCUT2D eigenvalue weighted by molar-refractivity contribution is 0.0772. The van der Waals surface area contributed by atoms with Gasteiger partial charge < -0.3 is 5.21 Å². The first-order chi connectivity index (χ1) is 12.2. The van der Waals surface area contributed by atoms with Crippen LogP contribution in [-0.4, -0.2) is 25.4 Å². The number of halogens is 1. The maximum Gasteiger partial charge on any atom is 0.180 e. The van der Waals surface area contributed by atoms with Gasteiger partial charge in [-0.3, -0.25) is 0 Å². The minimum absolute atomic E-state index is 0.0188. The van der Waals surface area contributed by atoms with Crippen LogP contribution >= 0.6 is 0 Å². The molecule has 0 aromatic heterocycles. The van der Waals surface area contributed by atoms with E-state index in [-0.39, 0.29) is 10.6 Å². The Hall–Kier alpha value is -2.20. The standard InChI is InChI=1S/C20H22FNO3S/c1-20(2,14-6-9-16-7-4-3-5-8-16)19(22-23)15-26(24,25)18-12-10-17(21)11-13-18/h3-5,7-8,10-13,19,22-23H,14-15H2,1-2H3. The Balaban J connectivity index is 2.13. The van der Waals surface area contributed by atoms with Gasteiger partial charge in [0.1, 0.15) is 5.82 Å². The molecule has 0 radical (unpaired) electrons. The van der Waals surface area contributed by atoms with Gasteiger partial charge in [-0.25, -0.2) is 18.3 Å². The Morgan fingerprint density at radius 1 is 1.12 bits per heavy atom. The van der Waals surface area contributed by atoms with E-state index < -0.39 is 27.1 Å². The average Bonchev–Trinajstić information content (AvgIpc) is 2.60. The van der Waals surface area contributed by atoms with Crippen LogP contribution < -0.4 is 5.48 Å². The van der Waals surface area contributed by atoms with E-state index in [1.54, 1.807) is 0 Å². The molecule has 26 heavy (non-hydrogen) atoms. The third-order valence-electron chi connectivity index (χ3n) is 4.21. The molecule has 0 fully saturated rings. The molecule has 0 saturated carbocycles. The Morgan fingerprint density at radius 3 is 2.31 bits per heavy atom. The van der Waals surface area contributed by atoms with Gasteiger partial charge in [-0.1, -0.05) is 43.9 Å². The fourth-order valence-corrected chi connectivity index (χ4v) is 4.12. The molecule has 0 heterocycles. The Labute approximate surface area is 153 Å². The predicted octanol–water partition coefficient (Wildman–Crippen LogP) is 3.41. The van der Waals surface area contributed by atoms with E-state index in [2.05, 4.69) is 17.3 Å². The Bertz CT molecular complexity index is 882. The van der Waals surface area contributed by atoms with Gasteiger partial charge >= 0.3 is 0 Å². The summed E-state index contributed by atoms with van der Waals surface area (Å²) >= 11 is 0. The molecule has 0 aliphatic carbocycles. The van der Waals surface area contributed by atoms with Crippen molar-refractivity contribution >= 4 is 9.84 Å². The van der Waals surface area contributed by atoms with Crippen LogP contribution in [0.2, 0.25) is 0 Å². The minimum atomic E-state index is -3.69. The topological polar surface area (TPSA) is 66.4 Å². The highest BCUT2D eigenvalue weighted by Crippen LogP contribution is 2.27. The quantitative estimate of drug-likeness (QED) is 0.461. The maximum atomic E-state index is 13.0. The number of hydrogen-bond donors (Lipinski definition) is 2. The van der Waals surface area contributed by atoms with Gasteiger partial charge in [-0.15, -0.1) is 0 Å². The van der Waals surface area contributed by atoms with Crippen LogP contribution in [0.3, 0.4) is 0 Å². The van der Waals surface area contributed by atoms with Crippen LogP contribution in [0.4, 0.5) is 4.39 Å². The number of benzene rings is 2. The van der Waals surface area contributed by atoms with Gasteiger partial charge in [0.2, 0.25) is 0 Å². The monoisotopic (exact) mass is 375 g/mol. The summed E-state index contributed by atoms with van der Waals surface area (Å²) in [6.45, 7) is 3.67. The highest BCUT2D eigenvalue weighted by Gasteiger charge is 2.33. The van der Waals surface area contributed by atoms with Crippen molar-refractivity contribution in [1.29, 1.82) is 0 Å². The molecule has 0 aliphatic heterocycles. The van der Waals surface area contributed by atoms with Crippen molar-refractivity contribution in [2.24, 2.45) is 5.41 Å². The van der Waals surface area contributed by atoms with E-state index >= 15 is 0 Å². The molecule has 0 aliphatic rings. The van der Waals surface area contributed by atoms with Crippen molar-refractivity contribution in [3.8, 4) is 11.8 Å². The SMILES string of the molecule is CC(C)(CC#Cc1ccccc1)C(CS(=O)(=O)c1ccc(F)cc1)NO. The van der Waals surface area contributed by atoms with Crippen molar-refractivity contribution in [2.75, 3.05) is 5.75 Å². The van der Waals surface area contributed by atoms with Gasteiger partial charge in [0.15, 0.2) is 9.84 Å². The van der Waals surface area contributed by atoms with Crippen LogP contribution in [0.25, 0.3) is 0 Å². The molecule has 1 unspecified atom stereocenters. The highest BCUT2D eigenvalue weighted by atomic mass is 32.2. The lowest BCUT2D eigenvalue weighted by atomic mass is 9.82. The lowest BCUT2D eigenvalue weighted by Gasteiger charge is -2.31. The summed E-state index contributed by atoms with van der Waals surface area (Å²) in [5.41, 5.74) is 2.37. The van der Waals surface area contributed by atoms with Crippen LogP contribution in [0.1, 0.15) is 25.8 Å². The zero-order valence-corrected chi connectivity index (χ0v) is 15.6. The first kappa shape index (κ1) is 20.1. The summed E-state index contributed by atoms with van der Waals surface area (Å²) in [5.74, 6) is 5.25. The molecule has 138 valence electrons. The Kier molecular flexibility index (Phi) is 6.54. The predicted molar refractivity (Wildman–Crippen MR) is 98.9 cm³/mol. The summed E-state index contributed by atoms with van der Waals surface area (Å²) in [7, 11) is -3.69. The van der Waals surface area contributed by atoms with Crippen LogP contribution in [0.5, 0.6) is 0 Å². The summed E-state index contributed by atoms with van der Waals surface area (Å²) in [6.07, 6.45) is 0.388. The fraction of sp³-hybridized carbons (Fsp3) is 0.300. The molecule has 4 nitrogen and oxygen atoms in total. The molecule has 2 aromatic carbocycles. The number of sulfone groups is 1. The van der Waals surface area contributed by atoms with E-state index in [4.69, 9.17) is 0 Å². The first-order valence-corrected chi connectivity index (χ1v) is 9.82. The summed E-state index contributed by atoms with van der Waals surface area (Å²) in [6, 6.07) is 13.4. The van der Waals surface area contributed by atoms with Crippen molar-refractivity contribution in [2.45, 2.75) is 31.2 Å². The van der Waals surface area contributed by atoms with Crippen LogP contribution in [0, 0.1) is 23.1 Å². The molecule has 2 aromatic rings. The summed E-state index contributed by atoms with van der Waals surface area (Å²) in [4.78, 5) is 0.0188. The molecule has 1 atom stereocenters. The van der Waals surface area contributed by atoms with E-state index in [0.29, 0.717) is 6.42 Å². The largest absolute Gasteiger partial charge is 0.316 e. The second-order valence-corrected chi connectivity index (χ2v) is 8.78. The molecule has 0 spiro atoms. The molecule has 0 bridgehead atoms. The van der Waals surface area contributed by atoms with Crippen molar-refractivity contribution in [1.82, 2.24) is 5.48 Å². The number of nitrogens with one attached hydrogen (secondary N) is 1. The van der Waals surface area contributed by atoms with E-state index in [1.807, 2.05) is 44.2 Å². The second-order valence-electron chi connectivity index (χ2n) is 6.75. The minimum Gasteiger partial charge on any atom is -0.316 e. The highest BCUT2D eigenvalue weighted by molar-refractivity contribution is 7.91. The molecule has 0 amide bonds. The maximum absolute atomic E-state index is 13.0. The van der Waals surface area contributed by atoms with Crippen molar-refractivity contribution in [3.63, 3.8) is 0 Å². The molecule has 0 saturated heterocycles. The first-order valence-electron chi connectivity index (χ1n) is 8.16. The van der Waals surface area contributed by atoms with E-state index in [1.165, 1.54) is 12.1 Å². The molecule has 6 heteroatoms. The van der Waals surface area contributed by atoms with Gasteiger partial charge in [-0.05, 0) is 41.8 Å². The molecule has 2 N–H and O–H groups in total. The lowest BCUT2D eigenvalue weighted by Crippen LogP contribution is -2.45. The smallest absolute Gasteiger partial charge is 0.180 e. The van der Waals surface area contributed by atoms with E-state index in [9.17, 15) is 18.0 Å². The number of hydrogen-bond acceptors (Lipinski definition) is 4. The number of hydroxylamine groups is 1. The second kappa shape index (κ2) is 8.45. The van der Waals surface area contributed by atoms with Crippen molar-refractivity contribution < 1.29 is 18.0 Å². The molecular weight excluding hydrogens is 353 g/mol. The van der Waals surface area contributed by atoms with Crippen LogP contribution in [-0.2, 0) is 9.84 Å². The normalized spacial score (nSPS) is 12.9. The summed E-state index contributed by atoms with van der Waals surface area (Å²) < 4.78 is 38.1. The average molecular weight is 375 g/mol. The zero-order chi connectivity index (χ0) is 19.2. The van der Waals surface area contributed by atoms with Gasteiger partial charge in [0.05, 0.1) is 16.7 Å². The number of rotatable bonds is 6. The van der Waals surface area contributed by atoms with Crippen molar-refractivity contribution in [3.05, 3.63) is 66.0 Å². The Morgan fingerprint density at radius 2 is 1.73 bits per heavy atom. The fourth-order valence-electron chi connectivity index (χ4n) is 2.41. The summed E-state index contributed by atoms with van der Waals surface area (Å²) in [5, 5.41) is 9.51. The van der Waals surface area contributed by atoms with Crippen LogP contribution in [0.15, 0.2) is 59.5 Å². The van der Waals surface area contributed by atoms with E-state index in [0.717, 1.165) is 17.7 Å². The molecular formula is C20H22FNO3S. The third kappa shape index (κ3) is 5.40. The third-order valence-corrected chi connectivity index (χ3v) is 5.97. The van der Waals surface area contributed by atoms with Gasteiger partial charge in [0, 0.05) is 12.0 Å².